The van der Waals surface area contributed by atoms with Crippen LogP contribution in [0, 0.1) is 0 Å². The number of methoxy groups -OCH3 is 1. The Kier molecular flexibility index (Phi) is 4.81. The largest absolute Gasteiger partial charge is 0.465 e. The van der Waals surface area contributed by atoms with Crippen LogP contribution in [0.5, 0.6) is 0 Å². The third-order valence-corrected chi connectivity index (χ3v) is 5.60. The maximum atomic E-state index is 11.6. The van der Waals surface area contributed by atoms with Crippen molar-refractivity contribution in [2.24, 2.45) is 0 Å². The summed E-state index contributed by atoms with van der Waals surface area (Å²) >= 11 is 1.44. The highest BCUT2D eigenvalue weighted by Crippen LogP contribution is 2.24. The molecule has 26 heavy (non-hydrogen) atoms. The summed E-state index contributed by atoms with van der Waals surface area (Å²) in [6.45, 7) is 4.62. The normalized spacial score (nSPS) is 15.3. The van der Waals surface area contributed by atoms with Crippen molar-refractivity contribution in [3.8, 4) is 0 Å². The van der Waals surface area contributed by atoms with E-state index < -0.39 is 0 Å². The van der Waals surface area contributed by atoms with Gasteiger partial charge in [0.1, 0.15) is 17.0 Å². The number of hydrogen-bond acceptors (Lipinski definition) is 7. The molecule has 0 N–H and O–H groups in total. The Morgan fingerprint density at radius 3 is 2.81 bits per heavy atom. The summed E-state index contributed by atoms with van der Waals surface area (Å²) in [6, 6.07) is 10.1. The monoisotopic (exact) mass is 368 g/mol. The van der Waals surface area contributed by atoms with Crippen LogP contribution in [0.2, 0.25) is 0 Å². The fourth-order valence-electron chi connectivity index (χ4n) is 3.28. The minimum Gasteiger partial charge on any atom is -0.465 e. The van der Waals surface area contributed by atoms with Crippen molar-refractivity contribution in [2.75, 3.05) is 38.2 Å². The van der Waals surface area contributed by atoms with E-state index >= 15 is 0 Å². The molecule has 6 nitrogen and oxygen atoms in total. The maximum absolute atomic E-state index is 11.6. The van der Waals surface area contributed by atoms with Crippen LogP contribution < -0.4 is 4.90 Å². The predicted octanol–water partition coefficient (Wildman–Crippen LogP) is 2.80. The first-order valence-electron chi connectivity index (χ1n) is 8.57. The maximum Gasteiger partial charge on any atom is 0.348 e. The van der Waals surface area contributed by atoms with Crippen molar-refractivity contribution < 1.29 is 9.53 Å². The highest BCUT2D eigenvalue weighted by molar-refractivity contribution is 7.12. The number of fused-ring (bicyclic) bond motifs is 1. The smallest absolute Gasteiger partial charge is 0.348 e. The number of esters is 1. The van der Waals surface area contributed by atoms with Crippen LogP contribution in [0.4, 0.5) is 5.82 Å². The van der Waals surface area contributed by atoms with Crippen molar-refractivity contribution in [1.82, 2.24) is 14.9 Å². The molecule has 0 aliphatic carbocycles. The zero-order chi connectivity index (χ0) is 17.9. The van der Waals surface area contributed by atoms with Crippen LogP contribution in [0.25, 0.3) is 10.9 Å². The number of ether oxygens (including phenoxy) is 1. The van der Waals surface area contributed by atoms with Gasteiger partial charge in [-0.05, 0) is 29.1 Å². The van der Waals surface area contributed by atoms with E-state index in [0.29, 0.717) is 4.88 Å². The summed E-state index contributed by atoms with van der Waals surface area (Å²) in [7, 11) is 1.41. The molecule has 7 heteroatoms. The van der Waals surface area contributed by atoms with Gasteiger partial charge in [0.05, 0.1) is 12.6 Å². The highest BCUT2D eigenvalue weighted by Gasteiger charge is 2.20. The second-order valence-electron chi connectivity index (χ2n) is 6.29. The van der Waals surface area contributed by atoms with Gasteiger partial charge in [-0.25, -0.2) is 14.8 Å². The lowest BCUT2D eigenvalue weighted by molar-refractivity contribution is 0.0606. The third-order valence-electron chi connectivity index (χ3n) is 4.64. The van der Waals surface area contributed by atoms with E-state index in [0.717, 1.165) is 55.0 Å². The van der Waals surface area contributed by atoms with E-state index in [1.165, 1.54) is 18.4 Å². The van der Waals surface area contributed by atoms with Crippen LogP contribution >= 0.6 is 11.3 Å². The molecule has 3 heterocycles. The number of hydrogen-bond donors (Lipinski definition) is 0. The molecule has 1 aliphatic heterocycles. The van der Waals surface area contributed by atoms with Crippen LogP contribution in [-0.2, 0) is 11.3 Å². The fraction of sp³-hybridized carbons (Fsp3) is 0.316. The van der Waals surface area contributed by atoms with Crippen molar-refractivity contribution in [3.05, 3.63) is 52.5 Å². The first-order chi connectivity index (χ1) is 12.7. The van der Waals surface area contributed by atoms with Gasteiger partial charge in [-0.2, -0.15) is 0 Å². The minimum atomic E-state index is -0.262. The Labute approximate surface area is 156 Å². The van der Waals surface area contributed by atoms with Crippen LogP contribution in [0.3, 0.4) is 0 Å². The molecule has 0 atom stereocenters. The van der Waals surface area contributed by atoms with E-state index in [9.17, 15) is 4.79 Å². The molecule has 1 aliphatic rings. The Morgan fingerprint density at radius 1 is 1.19 bits per heavy atom. The molecule has 1 fully saturated rings. The summed E-state index contributed by atoms with van der Waals surface area (Å²) in [4.78, 5) is 25.8. The molecule has 134 valence electrons. The summed E-state index contributed by atoms with van der Waals surface area (Å²) in [5.74, 6) is 0.750. The Bertz CT molecular complexity index is 913. The Morgan fingerprint density at radius 2 is 2.00 bits per heavy atom. The average molecular weight is 368 g/mol. The fourth-order valence-corrected chi connectivity index (χ4v) is 4.10. The standard InChI is InChI=1S/C19H20N4O2S/c1-25-19(24)17-10-14(12-26-17)11-22-6-8-23(9-7-22)18-15-4-2-3-5-16(15)20-13-21-18/h2-5,10,12-13H,6-9,11H2,1H3. The van der Waals surface area contributed by atoms with Crippen LogP contribution in [0.1, 0.15) is 15.2 Å². The second-order valence-corrected chi connectivity index (χ2v) is 7.20. The van der Waals surface area contributed by atoms with Gasteiger partial charge in [0.15, 0.2) is 0 Å². The van der Waals surface area contributed by atoms with Crippen LogP contribution in [0.15, 0.2) is 42.0 Å². The number of anilines is 1. The van der Waals surface area contributed by atoms with Crippen molar-refractivity contribution in [1.29, 1.82) is 0 Å². The van der Waals surface area contributed by atoms with Crippen molar-refractivity contribution in [2.45, 2.75) is 6.54 Å². The number of nitrogens with zero attached hydrogens (tertiary/aromatic N) is 4. The zero-order valence-electron chi connectivity index (χ0n) is 14.6. The predicted molar refractivity (Wildman–Crippen MR) is 103 cm³/mol. The summed E-state index contributed by atoms with van der Waals surface area (Å²) in [5, 5.41) is 3.14. The van der Waals surface area contributed by atoms with E-state index in [2.05, 4.69) is 25.8 Å². The third kappa shape index (κ3) is 3.40. The average Bonchev–Trinajstić information content (AvgIpc) is 3.16. The number of thiophene rings is 1. The first kappa shape index (κ1) is 16.9. The molecule has 2 aromatic heterocycles. The molecular weight excluding hydrogens is 348 g/mol. The number of carbonyl (C=O) groups is 1. The molecule has 0 amide bonds. The van der Waals surface area contributed by atoms with Gasteiger partial charge in [0.2, 0.25) is 0 Å². The molecule has 0 radical (unpaired) electrons. The molecule has 1 saturated heterocycles. The molecular formula is C19H20N4O2S. The first-order valence-corrected chi connectivity index (χ1v) is 9.45. The number of aromatic nitrogens is 2. The lowest BCUT2D eigenvalue weighted by Gasteiger charge is -2.35. The Hall–Kier alpha value is -2.51. The van der Waals surface area contributed by atoms with Gasteiger partial charge in [-0.1, -0.05) is 12.1 Å². The highest BCUT2D eigenvalue weighted by atomic mass is 32.1. The van der Waals surface area contributed by atoms with Gasteiger partial charge in [0, 0.05) is 38.1 Å². The van der Waals surface area contributed by atoms with E-state index in [4.69, 9.17) is 4.74 Å². The van der Waals surface area contributed by atoms with E-state index in [-0.39, 0.29) is 5.97 Å². The minimum absolute atomic E-state index is 0.262. The number of carbonyl (C=O) groups excluding carboxylic acids is 1. The van der Waals surface area contributed by atoms with Crippen LogP contribution in [-0.4, -0.2) is 54.1 Å². The van der Waals surface area contributed by atoms with E-state index in [1.807, 2.05) is 29.6 Å². The molecule has 0 saturated carbocycles. The quantitative estimate of drug-likeness (QED) is 0.660. The van der Waals surface area contributed by atoms with Crippen molar-refractivity contribution >= 4 is 34.0 Å². The Balaban J connectivity index is 1.41. The van der Waals surface area contributed by atoms with Gasteiger partial charge in [-0.15, -0.1) is 11.3 Å². The van der Waals surface area contributed by atoms with Gasteiger partial charge >= 0.3 is 5.97 Å². The lowest BCUT2D eigenvalue weighted by atomic mass is 10.2. The topological polar surface area (TPSA) is 58.6 Å². The molecule has 0 spiro atoms. The molecule has 3 aromatic rings. The summed E-state index contributed by atoms with van der Waals surface area (Å²) in [5.41, 5.74) is 2.14. The second kappa shape index (κ2) is 7.39. The number of rotatable bonds is 4. The lowest BCUT2D eigenvalue weighted by Crippen LogP contribution is -2.46. The van der Waals surface area contributed by atoms with Gasteiger partial charge in [-0.3, -0.25) is 4.90 Å². The summed E-state index contributed by atoms with van der Waals surface area (Å²) < 4.78 is 4.78. The number of para-hydroxylation sites is 1. The molecule has 0 unspecified atom stereocenters. The summed E-state index contributed by atoms with van der Waals surface area (Å²) in [6.07, 6.45) is 1.64. The molecule has 4 rings (SSSR count). The van der Waals surface area contributed by atoms with E-state index in [1.54, 1.807) is 6.33 Å². The zero-order valence-corrected chi connectivity index (χ0v) is 15.4. The molecule has 1 aromatic carbocycles. The van der Waals surface area contributed by atoms with Gasteiger partial charge < -0.3 is 9.64 Å². The number of benzene rings is 1. The molecule has 0 bridgehead atoms. The van der Waals surface area contributed by atoms with Crippen molar-refractivity contribution in [3.63, 3.8) is 0 Å². The SMILES string of the molecule is COC(=O)c1cc(CN2CCN(c3ncnc4ccccc34)CC2)cs1. The number of piperazine rings is 1. The van der Waals surface area contributed by atoms with Gasteiger partial charge in [0.25, 0.3) is 0 Å².